The monoisotopic (exact) mass is 386 g/mol. The van der Waals surface area contributed by atoms with Gasteiger partial charge in [-0.25, -0.2) is 4.98 Å². The Hall–Kier alpha value is -2.67. The Bertz CT molecular complexity index is 994. The number of esters is 1. The molecule has 0 fully saturated rings. The normalized spacial score (nSPS) is 12.1. The van der Waals surface area contributed by atoms with E-state index in [0.29, 0.717) is 29.1 Å². The van der Waals surface area contributed by atoms with Gasteiger partial charge in [-0.15, -0.1) is 11.3 Å². The van der Waals surface area contributed by atoms with Crippen molar-refractivity contribution in [2.24, 2.45) is 0 Å². The second-order valence-corrected chi connectivity index (χ2v) is 7.51. The van der Waals surface area contributed by atoms with Crippen molar-refractivity contribution in [2.75, 3.05) is 6.61 Å². The minimum Gasteiger partial charge on any atom is -0.494 e. The number of fused-ring (bicyclic) bond motifs is 1. The predicted molar refractivity (Wildman–Crippen MR) is 105 cm³/mol. The molecule has 3 rings (SSSR count). The molecule has 1 aromatic carbocycles. The van der Waals surface area contributed by atoms with Gasteiger partial charge in [-0.1, -0.05) is 18.2 Å². The number of benzene rings is 1. The number of H-pyrrole nitrogens is 1. The number of nitrogens with zero attached hydrogens (tertiary/aromatic N) is 1. The average molecular weight is 386 g/mol. The molecule has 0 bridgehead atoms. The second-order valence-electron chi connectivity index (χ2n) is 6.31. The van der Waals surface area contributed by atoms with Gasteiger partial charge in [0, 0.05) is 11.3 Å². The Morgan fingerprint density at radius 2 is 2.00 bits per heavy atom. The molecule has 6 nitrogen and oxygen atoms in total. The van der Waals surface area contributed by atoms with Gasteiger partial charge in [0.15, 0.2) is 11.9 Å². The molecular weight excluding hydrogens is 364 g/mol. The maximum absolute atomic E-state index is 12.3. The minimum atomic E-state index is -0.618. The number of rotatable bonds is 7. The molecule has 142 valence electrons. The molecule has 2 aromatic heterocycles. The molecule has 3 aromatic rings. The van der Waals surface area contributed by atoms with E-state index in [4.69, 9.17) is 9.47 Å². The van der Waals surface area contributed by atoms with E-state index in [2.05, 4.69) is 9.97 Å². The van der Waals surface area contributed by atoms with Crippen LogP contribution in [-0.2, 0) is 9.53 Å². The summed E-state index contributed by atoms with van der Waals surface area (Å²) in [5.41, 5.74) is 0.745. The number of hydrogen-bond acceptors (Lipinski definition) is 6. The molecule has 0 unspecified atom stereocenters. The summed E-state index contributed by atoms with van der Waals surface area (Å²) in [6.07, 6.45) is 0.167. The van der Waals surface area contributed by atoms with Crippen LogP contribution in [0.5, 0.6) is 5.75 Å². The van der Waals surface area contributed by atoms with Crippen LogP contribution >= 0.6 is 11.3 Å². The predicted octanol–water partition coefficient (Wildman–Crippen LogP) is 4.06. The zero-order chi connectivity index (χ0) is 19.4. The molecule has 7 heteroatoms. The van der Waals surface area contributed by atoms with Crippen LogP contribution < -0.4 is 10.3 Å². The second kappa shape index (κ2) is 8.35. The molecule has 0 spiro atoms. The van der Waals surface area contributed by atoms with E-state index in [0.717, 1.165) is 16.2 Å². The number of nitrogens with one attached hydrogen (secondary N) is 1. The molecule has 0 radical (unpaired) electrons. The summed E-state index contributed by atoms with van der Waals surface area (Å²) >= 11 is 1.47. The lowest BCUT2D eigenvalue weighted by molar-refractivity contribution is -0.149. The first-order valence-corrected chi connectivity index (χ1v) is 9.64. The van der Waals surface area contributed by atoms with E-state index >= 15 is 0 Å². The highest BCUT2D eigenvalue weighted by atomic mass is 32.1. The van der Waals surface area contributed by atoms with Crippen molar-refractivity contribution in [1.29, 1.82) is 0 Å². The Balaban J connectivity index is 1.55. The van der Waals surface area contributed by atoms with E-state index < -0.39 is 6.10 Å². The Kier molecular flexibility index (Phi) is 5.91. The fourth-order valence-electron chi connectivity index (χ4n) is 2.70. The lowest BCUT2D eigenvalue weighted by atomic mass is 10.2. The summed E-state index contributed by atoms with van der Waals surface area (Å²) in [7, 11) is 0. The topological polar surface area (TPSA) is 81.3 Å². The minimum absolute atomic E-state index is 0.198. The fraction of sp³-hybridized carbons (Fsp3) is 0.350. The van der Waals surface area contributed by atoms with Crippen LogP contribution in [0.15, 0.2) is 35.1 Å². The maximum atomic E-state index is 12.3. The van der Waals surface area contributed by atoms with Crippen molar-refractivity contribution in [1.82, 2.24) is 9.97 Å². The third-order valence-electron chi connectivity index (χ3n) is 4.29. The number of carbonyl (C=O) groups is 1. The molecule has 0 amide bonds. The van der Waals surface area contributed by atoms with Crippen molar-refractivity contribution < 1.29 is 14.3 Å². The van der Waals surface area contributed by atoms with Crippen LogP contribution in [0.1, 0.15) is 42.1 Å². The number of aryl methyl sites for hydroxylation is 2. The first-order chi connectivity index (χ1) is 13.0. The van der Waals surface area contributed by atoms with E-state index in [1.807, 2.05) is 44.2 Å². The van der Waals surface area contributed by atoms with Crippen molar-refractivity contribution in [3.05, 3.63) is 57.0 Å². The Labute approximate surface area is 161 Å². The molecule has 0 aliphatic carbocycles. The van der Waals surface area contributed by atoms with Crippen molar-refractivity contribution in [2.45, 2.75) is 39.7 Å². The standard InChI is InChI=1S/C20H22N2O4S/c1-12-14(3)27-20-17(12)19(24)21-18(22-20)13(2)26-16(23)10-7-11-25-15-8-5-4-6-9-15/h4-6,8-9,13H,7,10-11H2,1-3H3,(H,21,22,24)/t13-/m1/s1. The van der Waals surface area contributed by atoms with Gasteiger partial charge in [0.05, 0.1) is 12.0 Å². The van der Waals surface area contributed by atoms with Crippen LogP contribution in [0.2, 0.25) is 0 Å². The van der Waals surface area contributed by atoms with E-state index in [1.165, 1.54) is 11.3 Å². The van der Waals surface area contributed by atoms with Gasteiger partial charge >= 0.3 is 5.97 Å². The molecule has 0 aliphatic heterocycles. The smallest absolute Gasteiger partial charge is 0.306 e. The quantitative estimate of drug-likeness (QED) is 0.489. The molecular formula is C20H22N2O4S. The highest BCUT2D eigenvalue weighted by molar-refractivity contribution is 7.18. The van der Waals surface area contributed by atoms with Gasteiger partial charge in [-0.05, 0) is 44.9 Å². The summed E-state index contributed by atoms with van der Waals surface area (Å²) in [6.45, 7) is 6.01. The lowest BCUT2D eigenvalue weighted by Crippen LogP contribution is -2.17. The third kappa shape index (κ3) is 4.54. The highest BCUT2D eigenvalue weighted by Crippen LogP contribution is 2.27. The molecule has 1 N–H and O–H groups in total. The van der Waals surface area contributed by atoms with E-state index in [1.54, 1.807) is 6.92 Å². The molecule has 0 saturated carbocycles. The first kappa shape index (κ1) is 19.1. The van der Waals surface area contributed by atoms with Gasteiger partial charge in [-0.3, -0.25) is 9.59 Å². The highest BCUT2D eigenvalue weighted by Gasteiger charge is 2.18. The molecule has 27 heavy (non-hydrogen) atoms. The summed E-state index contributed by atoms with van der Waals surface area (Å²) in [5, 5.41) is 0.609. The van der Waals surface area contributed by atoms with Crippen molar-refractivity contribution in [3.8, 4) is 5.75 Å². The van der Waals surface area contributed by atoms with Crippen LogP contribution in [0, 0.1) is 13.8 Å². The number of para-hydroxylation sites is 1. The number of aromatic amines is 1. The SMILES string of the molecule is Cc1sc2nc([C@@H](C)OC(=O)CCCOc3ccccc3)[nH]c(=O)c2c1C. The molecule has 1 atom stereocenters. The summed E-state index contributed by atoms with van der Waals surface area (Å²) in [6, 6.07) is 9.44. The number of thiophene rings is 1. The first-order valence-electron chi connectivity index (χ1n) is 8.83. The summed E-state index contributed by atoms with van der Waals surface area (Å²) in [4.78, 5) is 33.3. The van der Waals surface area contributed by atoms with Gasteiger partial charge in [0.25, 0.3) is 5.56 Å². The van der Waals surface area contributed by atoms with E-state index in [9.17, 15) is 9.59 Å². The zero-order valence-corrected chi connectivity index (χ0v) is 16.4. The molecule has 0 saturated heterocycles. The van der Waals surface area contributed by atoms with Crippen molar-refractivity contribution >= 4 is 27.5 Å². The van der Waals surface area contributed by atoms with Gasteiger partial charge in [0.2, 0.25) is 0 Å². The fourth-order valence-corrected chi connectivity index (χ4v) is 3.74. The van der Waals surface area contributed by atoms with Crippen LogP contribution in [0.4, 0.5) is 0 Å². The van der Waals surface area contributed by atoms with Crippen LogP contribution in [0.25, 0.3) is 10.2 Å². The van der Waals surface area contributed by atoms with Crippen molar-refractivity contribution in [3.63, 3.8) is 0 Å². The number of aromatic nitrogens is 2. The zero-order valence-electron chi connectivity index (χ0n) is 15.6. The summed E-state index contributed by atoms with van der Waals surface area (Å²) in [5.74, 6) is 0.791. The number of ether oxygens (including phenoxy) is 2. The largest absolute Gasteiger partial charge is 0.494 e. The van der Waals surface area contributed by atoms with Gasteiger partial charge < -0.3 is 14.5 Å². The number of hydrogen-bond donors (Lipinski definition) is 1. The molecule has 0 aliphatic rings. The van der Waals surface area contributed by atoms with Crippen LogP contribution in [0.3, 0.4) is 0 Å². The third-order valence-corrected chi connectivity index (χ3v) is 5.39. The molecule has 2 heterocycles. The average Bonchev–Trinajstić information content (AvgIpc) is 2.94. The maximum Gasteiger partial charge on any atom is 0.306 e. The Morgan fingerprint density at radius 1 is 1.26 bits per heavy atom. The summed E-state index contributed by atoms with van der Waals surface area (Å²) < 4.78 is 11.0. The van der Waals surface area contributed by atoms with Gasteiger partial charge in [-0.2, -0.15) is 0 Å². The van der Waals surface area contributed by atoms with E-state index in [-0.39, 0.29) is 17.9 Å². The Morgan fingerprint density at radius 3 is 2.74 bits per heavy atom. The van der Waals surface area contributed by atoms with Crippen LogP contribution in [-0.4, -0.2) is 22.5 Å². The lowest BCUT2D eigenvalue weighted by Gasteiger charge is -2.12. The van der Waals surface area contributed by atoms with Gasteiger partial charge in [0.1, 0.15) is 10.6 Å². The number of carbonyl (C=O) groups excluding carboxylic acids is 1.